The van der Waals surface area contributed by atoms with E-state index >= 15 is 0 Å². The van der Waals surface area contributed by atoms with E-state index in [4.69, 9.17) is 0 Å². The molecule has 0 atom stereocenters. The molecule has 0 bridgehead atoms. The molecule has 3 heteroatoms. The predicted octanol–water partition coefficient (Wildman–Crippen LogP) is 1.31. The van der Waals surface area contributed by atoms with E-state index in [0.29, 0.717) is 12.5 Å². The summed E-state index contributed by atoms with van der Waals surface area (Å²) in [4.78, 5) is 13.8. The second-order valence-corrected chi connectivity index (χ2v) is 4.60. The molecule has 84 valence electrons. The summed E-state index contributed by atoms with van der Waals surface area (Å²) < 4.78 is 0. The van der Waals surface area contributed by atoms with Crippen LogP contribution >= 0.6 is 0 Å². The Labute approximate surface area is 91.5 Å². The zero-order valence-electron chi connectivity index (χ0n) is 9.46. The summed E-state index contributed by atoms with van der Waals surface area (Å²) >= 11 is 0. The van der Waals surface area contributed by atoms with Gasteiger partial charge in [-0.2, -0.15) is 0 Å². The fourth-order valence-corrected chi connectivity index (χ4v) is 2.14. The third-order valence-electron chi connectivity index (χ3n) is 3.46. The maximum atomic E-state index is 11.9. The zero-order valence-corrected chi connectivity index (χ0v) is 9.46. The minimum Gasteiger partial charge on any atom is -0.340 e. The summed E-state index contributed by atoms with van der Waals surface area (Å²) in [6, 6.07) is 0.432. The van der Waals surface area contributed by atoms with E-state index < -0.39 is 0 Å². The van der Waals surface area contributed by atoms with Crippen LogP contribution in [0.2, 0.25) is 0 Å². The van der Waals surface area contributed by atoms with Crippen LogP contribution in [-0.4, -0.2) is 37.0 Å². The van der Waals surface area contributed by atoms with Crippen LogP contribution in [0.25, 0.3) is 0 Å². The van der Waals surface area contributed by atoms with Crippen molar-refractivity contribution >= 4 is 5.91 Å². The van der Waals surface area contributed by atoms with Crippen molar-refractivity contribution in [1.29, 1.82) is 0 Å². The van der Waals surface area contributed by atoms with Gasteiger partial charge < -0.3 is 10.2 Å². The van der Waals surface area contributed by atoms with Gasteiger partial charge in [0.05, 0.1) is 6.04 Å². The van der Waals surface area contributed by atoms with E-state index in [2.05, 4.69) is 11.4 Å². The lowest BCUT2D eigenvalue weighted by atomic mass is 9.96. The average Bonchev–Trinajstić information content (AvgIpc) is 2.16. The van der Waals surface area contributed by atoms with Gasteiger partial charge in [-0.05, 0) is 25.7 Å². The van der Waals surface area contributed by atoms with Crippen LogP contribution in [0.4, 0.5) is 0 Å². The lowest BCUT2D eigenvalue weighted by molar-refractivity contribution is -0.132. The number of amides is 1. The van der Waals surface area contributed by atoms with Crippen molar-refractivity contribution in [1.82, 2.24) is 10.2 Å². The lowest BCUT2D eigenvalue weighted by Gasteiger charge is -2.36. The van der Waals surface area contributed by atoms with E-state index in [1.165, 1.54) is 18.4 Å². The van der Waals surface area contributed by atoms with Crippen molar-refractivity contribution < 1.29 is 4.79 Å². The summed E-state index contributed by atoms with van der Waals surface area (Å²) in [5.74, 6) is 0.287. The molecular formula is C12H20N2O. The summed E-state index contributed by atoms with van der Waals surface area (Å²) in [5, 5.41) is 3.19. The fourth-order valence-electron chi connectivity index (χ4n) is 2.14. The number of hydrogen-bond acceptors (Lipinski definition) is 2. The zero-order chi connectivity index (χ0) is 10.7. The van der Waals surface area contributed by atoms with Gasteiger partial charge in [-0.1, -0.05) is 11.6 Å². The highest BCUT2D eigenvalue weighted by Crippen LogP contribution is 2.21. The normalized spacial score (nSPS) is 21.8. The molecule has 2 rings (SSSR count). The van der Waals surface area contributed by atoms with Crippen molar-refractivity contribution in [2.45, 2.75) is 38.1 Å². The number of nitrogens with one attached hydrogen (secondary N) is 1. The minimum absolute atomic E-state index is 0.287. The third kappa shape index (κ3) is 2.59. The van der Waals surface area contributed by atoms with Crippen LogP contribution < -0.4 is 5.32 Å². The standard InChI is InChI=1S/C12H20N2O/c1-14(11-8-13-9-11)12(15)7-10-5-3-2-4-6-10/h5,11,13H,2-4,6-9H2,1H3. The van der Waals surface area contributed by atoms with Gasteiger partial charge in [-0.25, -0.2) is 0 Å². The number of allylic oxidation sites excluding steroid dienone is 1. The largest absolute Gasteiger partial charge is 0.340 e. The Bertz CT molecular complexity index is 269. The molecule has 0 unspecified atom stereocenters. The van der Waals surface area contributed by atoms with Gasteiger partial charge in [0, 0.05) is 26.6 Å². The molecule has 0 radical (unpaired) electrons. The number of hydrogen-bond donors (Lipinski definition) is 1. The second-order valence-electron chi connectivity index (χ2n) is 4.60. The molecule has 0 aromatic carbocycles. The first-order valence-corrected chi connectivity index (χ1v) is 5.91. The Hall–Kier alpha value is -0.830. The third-order valence-corrected chi connectivity index (χ3v) is 3.46. The van der Waals surface area contributed by atoms with E-state index in [1.54, 1.807) is 0 Å². The van der Waals surface area contributed by atoms with Crippen molar-refractivity contribution in [3.05, 3.63) is 11.6 Å². The average molecular weight is 208 g/mol. The Kier molecular flexibility index (Phi) is 3.41. The van der Waals surface area contributed by atoms with Crippen LogP contribution in [0.1, 0.15) is 32.1 Å². The van der Waals surface area contributed by atoms with Gasteiger partial charge in [0.2, 0.25) is 5.91 Å². The number of likely N-dealkylation sites (N-methyl/N-ethyl adjacent to an activating group) is 1. The van der Waals surface area contributed by atoms with Gasteiger partial charge in [-0.3, -0.25) is 4.79 Å². The molecule has 1 fully saturated rings. The summed E-state index contributed by atoms with van der Waals surface area (Å²) in [5.41, 5.74) is 1.35. The van der Waals surface area contributed by atoms with Gasteiger partial charge in [-0.15, -0.1) is 0 Å². The molecule has 0 saturated carbocycles. The molecule has 1 amide bonds. The van der Waals surface area contributed by atoms with E-state index in [-0.39, 0.29) is 5.91 Å². The van der Waals surface area contributed by atoms with E-state index in [0.717, 1.165) is 25.9 Å². The van der Waals surface area contributed by atoms with Crippen molar-refractivity contribution in [2.24, 2.45) is 0 Å². The van der Waals surface area contributed by atoms with Crippen molar-refractivity contribution in [3.63, 3.8) is 0 Å². The van der Waals surface area contributed by atoms with Crippen molar-refractivity contribution in [3.8, 4) is 0 Å². The Balaban J connectivity index is 1.82. The first-order chi connectivity index (χ1) is 7.27. The molecule has 1 heterocycles. The van der Waals surface area contributed by atoms with Crippen LogP contribution in [0, 0.1) is 0 Å². The molecule has 15 heavy (non-hydrogen) atoms. The first-order valence-electron chi connectivity index (χ1n) is 5.91. The van der Waals surface area contributed by atoms with E-state index in [9.17, 15) is 4.79 Å². The lowest BCUT2D eigenvalue weighted by Crippen LogP contribution is -2.57. The summed E-state index contributed by atoms with van der Waals surface area (Å²) in [6.45, 7) is 1.92. The van der Waals surface area contributed by atoms with Crippen LogP contribution in [0.15, 0.2) is 11.6 Å². The maximum Gasteiger partial charge on any atom is 0.226 e. The quantitative estimate of drug-likeness (QED) is 0.709. The molecule has 1 aliphatic heterocycles. The van der Waals surface area contributed by atoms with Gasteiger partial charge in [0.25, 0.3) is 0 Å². The predicted molar refractivity (Wildman–Crippen MR) is 60.6 cm³/mol. The Morgan fingerprint density at radius 1 is 1.53 bits per heavy atom. The number of rotatable bonds is 3. The number of carbonyl (C=O) groups is 1. The first kappa shape index (κ1) is 10.7. The van der Waals surface area contributed by atoms with Crippen molar-refractivity contribution in [2.75, 3.05) is 20.1 Å². The molecule has 1 N–H and O–H groups in total. The number of nitrogens with zero attached hydrogens (tertiary/aromatic N) is 1. The smallest absolute Gasteiger partial charge is 0.226 e. The van der Waals surface area contributed by atoms with Crippen LogP contribution in [0.3, 0.4) is 0 Å². The summed E-state index contributed by atoms with van der Waals surface area (Å²) in [6.07, 6.45) is 7.74. The van der Waals surface area contributed by atoms with Gasteiger partial charge in [0.1, 0.15) is 0 Å². The SMILES string of the molecule is CN(C(=O)CC1=CCCCC1)C1CNC1. The second kappa shape index (κ2) is 4.79. The molecule has 0 aromatic rings. The molecule has 1 saturated heterocycles. The maximum absolute atomic E-state index is 11.9. The minimum atomic E-state index is 0.287. The van der Waals surface area contributed by atoms with Crippen LogP contribution in [0.5, 0.6) is 0 Å². The topological polar surface area (TPSA) is 32.3 Å². The summed E-state index contributed by atoms with van der Waals surface area (Å²) in [7, 11) is 1.93. The molecule has 1 aliphatic carbocycles. The van der Waals surface area contributed by atoms with Gasteiger partial charge in [0.15, 0.2) is 0 Å². The highest BCUT2D eigenvalue weighted by molar-refractivity contribution is 5.79. The Morgan fingerprint density at radius 3 is 2.87 bits per heavy atom. The molecule has 0 spiro atoms. The highest BCUT2D eigenvalue weighted by Gasteiger charge is 2.25. The highest BCUT2D eigenvalue weighted by atomic mass is 16.2. The monoisotopic (exact) mass is 208 g/mol. The molecule has 3 nitrogen and oxygen atoms in total. The molecular weight excluding hydrogens is 188 g/mol. The fraction of sp³-hybridized carbons (Fsp3) is 0.750. The Morgan fingerprint density at radius 2 is 2.33 bits per heavy atom. The number of carbonyl (C=O) groups excluding carboxylic acids is 1. The molecule has 2 aliphatic rings. The van der Waals surface area contributed by atoms with Gasteiger partial charge >= 0.3 is 0 Å². The molecule has 0 aromatic heterocycles. The van der Waals surface area contributed by atoms with Crippen LogP contribution in [-0.2, 0) is 4.79 Å². The van der Waals surface area contributed by atoms with E-state index in [1.807, 2.05) is 11.9 Å².